The van der Waals surface area contributed by atoms with E-state index in [0.29, 0.717) is 11.8 Å². The van der Waals surface area contributed by atoms with Gasteiger partial charge in [0.05, 0.1) is 18.8 Å². The third kappa shape index (κ3) is 5.79. The highest BCUT2D eigenvalue weighted by Crippen LogP contribution is 2.30. The second-order valence-electron chi connectivity index (χ2n) is 8.18. The number of hydrogen-bond acceptors (Lipinski definition) is 7. The van der Waals surface area contributed by atoms with Crippen molar-refractivity contribution in [1.29, 1.82) is 0 Å². The number of thioether (sulfide) groups is 1. The summed E-state index contributed by atoms with van der Waals surface area (Å²) in [7, 11) is 1.70. The second kappa shape index (κ2) is 11.0. The van der Waals surface area contributed by atoms with Gasteiger partial charge in [-0.25, -0.2) is 4.98 Å². The number of piperidine rings is 1. The van der Waals surface area contributed by atoms with Crippen molar-refractivity contribution in [2.75, 3.05) is 39.1 Å². The third-order valence-corrected chi connectivity index (χ3v) is 7.15. The van der Waals surface area contributed by atoms with Crippen LogP contribution in [0.15, 0.2) is 52.6 Å². The van der Waals surface area contributed by atoms with Crippen LogP contribution in [-0.4, -0.2) is 59.1 Å². The summed E-state index contributed by atoms with van der Waals surface area (Å²) < 4.78 is 10.7. The lowest BCUT2D eigenvalue weighted by Gasteiger charge is -2.38. The minimum absolute atomic E-state index is 0.267. The summed E-state index contributed by atoms with van der Waals surface area (Å²) in [5.74, 6) is 2.77. The van der Waals surface area contributed by atoms with Crippen LogP contribution in [0.2, 0.25) is 0 Å². The zero-order valence-corrected chi connectivity index (χ0v) is 18.9. The fourth-order valence-electron chi connectivity index (χ4n) is 4.57. The van der Waals surface area contributed by atoms with Gasteiger partial charge in [0.15, 0.2) is 0 Å². The van der Waals surface area contributed by atoms with Crippen molar-refractivity contribution in [2.24, 2.45) is 11.8 Å². The molecule has 0 aliphatic carbocycles. The fourth-order valence-corrected chi connectivity index (χ4v) is 5.35. The van der Waals surface area contributed by atoms with E-state index < -0.39 is 0 Å². The van der Waals surface area contributed by atoms with Crippen molar-refractivity contribution in [3.8, 4) is 5.75 Å². The number of rotatable bonds is 10. The molecule has 0 unspecified atom stereocenters. The number of methoxy groups -OCH3 is 1. The number of aryl methyl sites for hydroxylation is 1. The molecule has 3 aromatic rings. The SMILES string of the molecule is COc1ccc2nccc(CCC[C@@H]3CCN(CCSc4ncco4)C[C@@H]3CO)c2c1. The molecule has 4 rings (SSSR count). The summed E-state index contributed by atoms with van der Waals surface area (Å²) >= 11 is 1.65. The maximum absolute atomic E-state index is 9.99. The molecular weight excluding hydrogens is 410 g/mol. The number of benzene rings is 1. The molecule has 1 N–H and O–H groups in total. The molecule has 2 aromatic heterocycles. The molecular formula is C24H31N3O3S. The molecule has 0 amide bonds. The Kier molecular flexibility index (Phi) is 7.83. The van der Waals surface area contributed by atoms with Gasteiger partial charge >= 0.3 is 0 Å². The Balaban J connectivity index is 1.26. The van der Waals surface area contributed by atoms with E-state index >= 15 is 0 Å². The molecule has 0 radical (unpaired) electrons. The normalized spacial score (nSPS) is 19.7. The van der Waals surface area contributed by atoms with Gasteiger partial charge in [0.2, 0.25) is 0 Å². The molecule has 2 atom stereocenters. The molecule has 3 heterocycles. The van der Waals surface area contributed by atoms with Crippen LogP contribution in [0, 0.1) is 11.8 Å². The molecule has 1 aliphatic rings. The zero-order chi connectivity index (χ0) is 21.5. The minimum Gasteiger partial charge on any atom is -0.497 e. The minimum atomic E-state index is 0.267. The van der Waals surface area contributed by atoms with Gasteiger partial charge in [-0.05, 0) is 73.9 Å². The highest BCUT2D eigenvalue weighted by Gasteiger charge is 2.28. The van der Waals surface area contributed by atoms with Crippen LogP contribution in [0.5, 0.6) is 5.75 Å². The number of aromatic nitrogens is 2. The number of oxazole rings is 1. The first kappa shape index (κ1) is 22.1. The van der Waals surface area contributed by atoms with Crippen LogP contribution >= 0.6 is 11.8 Å². The third-order valence-electron chi connectivity index (χ3n) is 6.31. The molecule has 31 heavy (non-hydrogen) atoms. The molecule has 6 nitrogen and oxygen atoms in total. The molecule has 0 bridgehead atoms. The van der Waals surface area contributed by atoms with Gasteiger partial charge in [0.25, 0.3) is 5.22 Å². The Hall–Kier alpha value is -2.09. The number of likely N-dealkylation sites (tertiary alicyclic amines) is 1. The standard InChI is InChI=1S/C24H31N3O3S/c1-29-21-5-6-23-22(15-21)19(7-9-25-23)4-2-3-18-8-11-27(16-20(18)17-28)12-14-31-24-26-10-13-30-24/h5-7,9-10,13,15,18,20,28H,2-4,8,11-12,14,16-17H2,1H3/t18-,20-/m1/s1. The first-order chi connectivity index (χ1) is 15.3. The molecule has 0 saturated carbocycles. The number of fused-ring (bicyclic) bond motifs is 1. The van der Waals surface area contributed by atoms with Crippen molar-refractivity contribution in [1.82, 2.24) is 14.9 Å². The van der Waals surface area contributed by atoms with E-state index in [9.17, 15) is 5.11 Å². The lowest BCUT2D eigenvalue weighted by atomic mass is 9.82. The second-order valence-corrected chi connectivity index (χ2v) is 9.23. The summed E-state index contributed by atoms with van der Waals surface area (Å²) in [6.07, 6.45) is 9.64. The topological polar surface area (TPSA) is 71.6 Å². The Morgan fingerprint density at radius 2 is 2.16 bits per heavy atom. The highest BCUT2D eigenvalue weighted by molar-refractivity contribution is 7.99. The van der Waals surface area contributed by atoms with E-state index in [0.717, 1.165) is 67.6 Å². The van der Waals surface area contributed by atoms with Crippen LogP contribution in [-0.2, 0) is 6.42 Å². The first-order valence-corrected chi connectivity index (χ1v) is 12.0. The summed E-state index contributed by atoms with van der Waals surface area (Å²) in [6.45, 7) is 3.34. The number of aliphatic hydroxyl groups excluding tert-OH is 1. The Labute approximate surface area is 188 Å². The molecule has 1 saturated heterocycles. The maximum atomic E-state index is 9.99. The Bertz CT molecular complexity index is 950. The summed E-state index contributed by atoms with van der Waals surface area (Å²) in [5, 5.41) is 11.9. The summed E-state index contributed by atoms with van der Waals surface area (Å²) in [5.41, 5.74) is 2.34. The van der Waals surface area contributed by atoms with Gasteiger partial charge in [0.1, 0.15) is 12.0 Å². The number of nitrogens with zero attached hydrogens (tertiary/aromatic N) is 3. The largest absolute Gasteiger partial charge is 0.497 e. The number of pyridine rings is 1. The van der Waals surface area contributed by atoms with Crippen LogP contribution in [0.1, 0.15) is 24.8 Å². The number of hydrogen-bond donors (Lipinski definition) is 1. The van der Waals surface area contributed by atoms with E-state index in [1.807, 2.05) is 18.3 Å². The molecule has 1 aliphatic heterocycles. The Morgan fingerprint density at radius 1 is 1.23 bits per heavy atom. The molecule has 1 aromatic carbocycles. The van der Waals surface area contributed by atoms with Crippen molar-refractivity contribution in [2.45, 2.75) is 30.9 Å². The van der Waals surface area contributed by atoms with Gasteiger partial charge in [-0.15, -0.1) is 0 Å². The zero-order valence-electron chi connectivity index (χ0n) is 18.1. The van der Waals surface area contributed by atoms with E-state index in [-0.39, 0.29) is 6.61 Å². The molecule has 7 heteroatoms. The lowest BCUT2D eigenvalue weighted by molar-refractivity contribution is 0.0710. The van der Waals surface area contributed by atoms with Crippen molar-refractivity contribution in [3.05, 3.63) is 48.5 Å². The number of ether oxygens (including phenoxy) is 1. The van der Waals surface area contributed by atoms with Gasteiger partial charge in [-0.3, -0.25) is 4.98 Å². The highest BCUT2D eigenvalue weighted by atomic mass is 32.2. The van der Waals surface area contributed by atoms with E-state index in [1.165, 1.54) is 10.9 Å². The predicted octanol–water partition coefficient (Wildman–Crippen LogP) is 4.28. The average Bonchev–Trinajstić information content (AvgIpc) is 3.33. The quantitative estimate of drug-likeness (QED) is 0.471. The lowest BCUT2D eigenvalue weighted by Crippen LogP contribution is -2.42. The number of aliphatic hydroxyl groups is 1. The molecule has 0 spiro atoms. The fraction of sp³-hybridized carbons (Fsp3) is 0.500. The molecule has 1 fully saturated rings. The summed E-state index contributed by atoms with van der Waals surface area (Å²) in [6, 6.07) is 8.19. The van der Waals surface area contributed by atoms with E-state index in [4.69, 9.17) is 9.15 Å². The van der Waals surface area contributed by atoms with E-state index in [2.05, 4.69) is 27.0 Å². The van der Waals surface area contributed by atoms with Gasteiger partial charge in [0, 0.05) is 37.0 Å². The Morgan fingerprint density at radius 3 is 2.97 bits per heavy atom. The van der Waals surface area contributed by atoms with Gasteiger partial charge in [-0.1, -0.05) is 11.8 Å². The van der Waals surface area contributed by atoms with E-state index in [1.54, 1.807) is 31.3 Å². The van der Waals surface area contributed by atoms with Crippen molar-refractivity contribution >= 4 is 22.7 Å². The predicted molar refractivity (Wildman–Crippen MR) is 124 cm³/mol. The van der Waals surface area contributed by atoms with Gasteiger partial charge < -0.3 is 19.2 Å². The van der Waals surface area contributed by atoms with Gasteiger partial charge in [-0.2, -0.15) is 0 Å². The van der Waals surface area contributed by atoms with Crippen molar-refractivity contribution in [3.63, 3.8) is 0 Å². The van der Waals surface area contributed by atoms with Crippen LogP contribution in [0.25, 0.3) is 10.9 Å². The summed E-state index contributed by atoms with van der Waals surface area (Å²) in [4.78, 5) is 11.1. The van der Waals surface area contributed by atoms with Crippen LogP contribution in [0.3, 0.4) is 0 Å². The smallest absolute Gasteiger partial charge is 0.255 e. The maximum Gasteiger partial charge on any atom is 0.255 e. The average molecular weight is 442 g/mol. The monoisotopic (exact) mass is 441 g/mol. The first-order valence-electron chi connectivity index (χ1n) is 11.0. The van der Waals surface area contributed by atoms with Crippen molar-refractivity contribution < 1.29 is 14.3 Å². The van der Waals surface area contributed by atoms with Crippen LogP contribution in [0.4, 0.5) is 0 Å². The van der Waals surface area contributed by atoms with Crippen LogP contribution < -0.4 is 4.74 Å². The molecule has 166 valence electrons.